The molecule has 5 heteroatoms. The molecule has 0 saturated heterocycles. The van der Waals surface area contributed by atoms with Gasteiger partial charge in [0, 0.05) is 17.2 Å². The van der Waals surface area contributed by atoms with Crippen LogP contribution < -0.4 is 5.32 Å². The van der Waals surface area contributed by atoms with Gasteiger partial charge in [-0.2, -0.15) is 5.26 Å². The van der Waals surface area contributed by atoms with Crippen molar-refractivity contribution in [3.05, 3.63) is 46.3 Å². The fourth-order valence-corrected chi connectivity index (χ4v) is 2.02. The normalized spacial score (nSPS) is 10.9. The van der Waals surface area contributed by atoms with Crippen LogP contribution in [0.2, 0.25) is 0 Å². The molecule has 1 aromatic heterocycles. The van der Waals surface area contributed by atoms with Crippen molar-refractivity contribution < 1.29 is 0 Å². The molecule has 0 fully saturated rings. The summed E-state index contributed by atoms with van der Waals surface area (Å²) < 4.78 is 0.733. The third-order valence-corrected chi connectivity index (χ3v) is 3.04. The summed E-state index contributed by atoms with van der Waals surface area (Å²) >= 11 is 3.40. The number of rotatable bonds is 2. The quantitative estimate of drug-likeness (QED) is 0.840. The zero-order valence-electron chi connectivity index (χ0n) is 11.6. The Labute approximate surface area is 127 Å². The molecule has 0 bridgehead atoms. The van der Waals surface area contributed by atoms with Crippen LogP contribution in [-0.4, -0.2) is 9.97 Å². The molecule has 1 N–H and O–H groups in total. The lowest BCUT2D eigenvalue weighted by atomic mass is 9.96. The van der Waals surface area contributed by atoms with Gasteiger partial charge in [-0.1, -0.05) is 26.8 Å². The summed E-state index contributed by atoms with van der Waals surface area (Å²) in [5, 5.41) is 12.1. The number of anilines is 2. The topological polar surface area (TPSA) is 61.6 Å². The predicted octanol–water partition coefficient (Wildman–Crippen LogP) is 4.15. The van der Waals surface area contributed by atoms with Crippen molar-refractivity contribution in [1.29, 1.82) is 5.26 Å². The molecule has 102 valence electrons. The molecule has 0 amide bonds. The fourth-order valence-electron chi connectivity index (χ4n) is 1.63. The highest BCUT2D eigenvalue weighted by atomic mass is 79.9. The SMILES string of the molecule is CC(C)(C)c1nc(Br)cc(Nc2cccc(C#N)c2)n1. The van der Waals surface area contributed by atoms with Crippen LogP contribution in [0, 0.1) is 11.3 Å². The van der Waals surface area contributed by atoms with Gasteiger partial charge in [-0.05, 0) is 34.1 Å². The van der Waals surface area contributed by atoms with Gasteiger partial charge in [-0.25, -0.2) is 9.97 Å². The number of hydrogen-bond acceptors (Lipinski definition) is 4. The summed E-state index contributed by atoms with van der Waals surface area (Å²) in [6, 6.07) is 11.2. The lowest BCUT2D eigenvalue weighted by Gasteiger charge is -2.18. The average Bonchev–Trinajstić information content (AvgIpc) is 2.37. The van der Waals surface area contributed by atoms with Crippen molar-refractivity contribution in [2.75, 3.05) is 5.32 Å². The van der Waals surface area contributed by atoms with Crippen LogP contribution in [0.5, 0.6) is 0 Å². The smallest absolute Gasteiger partial charge is 0.137 e. The van der Waals surface area contributed by atoms with Crippen molar-refractivity contribution in [3.63, 3.8) is 0 Å². The van der Waals surface area contributed by atoms with Gasteiger partial charge in [0.05, 0.1) is 11.6 Å². The number of hydrogen-bond donors (Lipinski definition) is 1. The highest BCUT2D eigenvalue weighted by Gasteiger charge is 2.18. The molecule has 2 aromatic rings. The maximum Gasteiger partial charge on any atom is 0.137 e. The Hall–Kier alpha value is -1.93. The van der Waals surface area contributed by atoms with Crippen LogP contribution in [0.1, 0.15) is 32.2 Å². The average molecular weight is 331 g/mol. The van der Waals surface area contributed by atoms with E-state index in [1.165, 1.54) is 0 Å². The van der Waals surface area contributed by atoms with Crippen molar-refractivity contribution in [2.24, 2.45) is 0 Å². The van der Waals surface area contributed by atoms with Gasteiger partial charge in [-0.3, -0.25) is 0 Å². The van der Waals surface area contributed by atoms with Gasteiger partial charge in [-0.15, -0.1) is 0 Å². The third kappa shape index (κ3) is 3.55. The monoisotopic (exact) mass is 330 g/mol. The molecule has 0 aliphatic carbocycles. The molecule has 4 nitrogen and oxygen atoms in total. The Kier molecular flexibility index (Phi) is 4.05. The van der Waals surface area contributed by atoms with E-state index in [1.807, 2.05) is 18.2 Å². The largest absolute Gasteiger partial charge is 0.340 e. The van der Waals surface area contributed by atoms with Gasteiger partial charge < -0.3 is 5.32 Å². The second-order valence-electron chi connectivity index (χ2n) is 5.47. The first-order valence-corrected chi connectivity index (χ1v) is 7.00. The summed E-state index contributed by atoms with van der Waals surface area (Å²) in [7, 11) is 0. The van der Waals surface area contributed by atoms with Crippen molar-refractivity contribution in [2.45, 2.75) is 26.2 Å². The molecule has 0 unspecified atom stereocenters. The molecule has 1 aromatic carbocycles. The Bertz CT molecular complexity index is 668. The standard InChI is InChI=1S/C15H15BrN4/c1-15(2,3)14-19-12(16)8-13(20-14)18-11-6-4-5-10(7-11)9-17/h4-8H,1-3H3,(H,18,19,20). The van der Waals surface area contributed by atoms with Crippen LogP contribution >= 0.6 is 15.9 Å². The molecule has 2 rings (SSSR count). The van der Waals surface area contributed by atoms with Gasteiger partial charge in [0.15, 0.2) is 0 Å². The first-order valence-electron chi connectivity index (χ1n) is 6.21. The number of nitrogens with one attached hydrogen (secondary N) is 1. The van der Waals surface area contributed by atoms with E-state index in [0.29, 0.717) is 11.4 Å². The molecule has 0 aliphatic heterocycles. The first kappa shape index (κ1) is 14.5. The molecule has 0 aliphatic rings. The molecule has 0 saturated carbocycles. The first-order chi connectivity index (χ1) is 9.38. The lowest BCUT2D eigenvalue weighted by molar-refractivity contribution is 0.544. The van der Waals surface area contributed by atoms with E-state index in [1.54, 1.807) is 12.1 Å². The maximum atomic E-state index is 8.91. The Morgan fingerprint density at radius 3 is 2.60 bits per heavy atom. The van der Waals surface area contributed by atoms with Gasteiger partial charge >= 0.3 is 0 Å². The molecular weight excluding hydrogens is 316 g/mol. The Balaban J connectivity index is 2.34. The summed E-state index contributed by atoms with van der Waals surface area (Å²) in [6.07, 6.45) is 0. The Morgan fingerprint density at radius 2 is 1.95 bits per heavy atom. The van der Waals surface area contributed by atoms with Crippen LogP contribution in [0.15, 0.2) is 34.9 Å². The van der Waals surface area contributed by atoms with Crippen molar-refractivity contribution in [3.8, 4) is 6.07 Å². The van der Waals surface area contributed by atoms with E-state index >= 15 is 0 Å². The van der Waals surface area contributed by atoms with Crippen LogP contribution in [0.25, 0.3) is 0 Å². The number of aromatic nitrogens is 2. The minimum Gasteiger partial charge on any atom is -0.340 e. The summed E-state index contributed by atoms with van der Waals surface area (Å²) in [4.78, 5) is 8.91. The van der Waals surface area contributed by atoms with Gasteiger partial charge in [0.2, 0.25) is 0 Å². The van der Waals surface area contributed by atoms with E-state index in [0.717, 1.165) is 16.1 Å². The van der Waals surface area contributed by atoms with E-state index in [2.05, 4.69) is 58.1 Å². The summed E-state index contributed by atoms with van der Waals surface area (Å²) in [5.74, 6) is 1.46. The van der Waals surface area contributed by atoms with Crippen molar-refractivity contribution in [1.82, 2.24) is 9.97 Å². The van der Waals surface area contributed by atoms with Gasteiger partial charge in [0.1, 0.15) is 16.2 Å². The second kappa shape index (κ2) is 5.59. The van der Waals surface area contributed by atoms with Crippen LogP contribution in [-0.2, 0) is 5.41 Å². The van der Waals surface area contributed by atoms with E-state index < -0.39 is 0 Å². The summed E-state index contributed by atoms with van der Waals surface area (Å²) in [5.41, 5.74) is 1.31. The molecule has 0 radical (unpaired) electrons. The molecule has 0 spiro atoms. The zero-order valence-corrected chi connectivity index (χ0v) is 13.2. The van der Waals surface area contributed by atoms with Crippen molar-refractivity contribution >= 4 is 27.4 Å². The molecule has 20 heavy (non-hydrogen) atoms. The molecule has 1 heterocycles. The number of nitriles is 1. The van der Waals surface area contributed by atoms with Crippen LogP contribution in [0.4, 0.5) is 11.5 Å². The second-order valence-corrected chi connectivity index (χ2v) is 6.28. The summed E-state index contributed by atoms with van der Waals surface area (Å²) in [6.45, 7) is 6.19. The lowest BCUT2D eigenvalue weighted by Crippen LogP contribution is -2.16. The van der Waals surface area contributed by atoms with E-state index in [-0.39, 0.29) is 5.41 Å². The number of benzene rings is 1. The minimum atomic E-state index is -0.130. The van der Waals surface area contributed by atoms with Crippen LogP contribution in [0.3, 0.4) is 0 Å². The predicted molar refractivity (Wildman–Crippen MR) is 82.9 cm³/mol. The maximum absolute atomic E-state index is 8.91. The molecule has 0 atom stereocenters. The van der Waals surface area contributed by atoms with E-state index in [9.17, 15) is 0 Å². The number of nitrogens with zero attached hydrogens (tertiary/aromatic N) is 3. The Morgan fingerprint density at radius 1 is 1.20 bits per heavy atom. The van der Waals surface area contributed by atoms with E-state index in [4.69, 9.17) is 5.26 Å². The number of halogens is 1. The third-order valence-electron chi connectivity index (χ3n) is 2.63. The minimum absolute atomic E-state index is 0.130. The highest BCUT2D eigenvalue weighted by Crippen LogP contribution is 2.24. The van der Waals surface area contributed by atoms with Gasteiger partial charge in [0.25, 0.3) is 0 Å². The highest BCUT2D eigenvalue weighted by molar-refractivity contribution is 9.10. The fraction of sp³-hybridized carbons (Fsp3) is 0.267. The molecular formula is C15H15BrN4. The zero-order chi connectivity index (χ0) is 14.8.